The molecule has 1 spiro atoms. The van der Waals surface area contributed by atoms with Crippen molar-refractivity contribution in [1.82, 2.24) is 9.29 Å². The Balaban J connectivity index is 1.56. The molecule has 0 bridgehead atoms. The second-order valence-corrected chi connectivity index (χ2v) is 9.56. The van der Waals surface area contributed by atoms with E-state index in [-0.39, 0.29) is 10.7 Å². The van der Waals surface area contributed by atoms with Gasteiger partial charge in [0.2, 0.25) is 10.0 Å². The number of aromatic nitrogens is 1. The highest BCUT2D eigenvalue weighted by Gasteiger charge is 2.46. The predicted octanol–water partition coefficient (Wildman–Crippen LogP) is 1.49. The molecular formula is C17H25N3O3S. The molecule has 1 aromatic heterocycles. The maximum absolute atomic E-state index is 12.7. The van der Waals surface area contributed by atoms with Crippen LogP contribution in [0, 0.1) is 5.41 Å². The third-order valence-electron chi connectivity index (χ3n) is 5.35. The van der Waals surface area contributed by atoms with Gasteiger partial charge in [-0.15, -0.1) is 0 Å². The molecule has 132 valence electrons. The fourth-order valence-electron chi connectivity index (χ4n) is 3.93. The highest BCUT2D eigenvalue weighted by atomic mass is 32.2. The van der Waals surface area contributed by atoms with E-state index in [9.17, 15) is 8.42 Å². The Bertz CT molecular complexity index is 678. The van der Waals surface area contributed by atoms with Crippen LogP contribution < -0.4 is 4.90 Å². The van der Waals surface area contributed by atoms with Crippen molar-refractivity contribution in [2.45, 2.75) is 30.9 Å². The van der Waals surface area contributed by atoms with Gasteiger partial charge in [-0.05, 0) is 37.8 Å². The normalized spacial score (nSPS) is 29.6. The molecule has 0 unspecified atom stereocenters. The zero-order valence-electron chi connectivity index (χ0n) is 13.9. The summed E-state index contributed by atoms with van der Waals surface area (Å²) in [7, 11) is -3.11. The van der Waals surface area contributed by atoms with Crippen molar-refractivity contribution in [2.75, 3.05) is 44.3 Å². The minimum absolute atomic E-state index is 0.131. The summed E-state index contributed by atoms with van der Waals surface area (Å²) >= 11 is 0. The molecule has 4 rings (SSSR count). The molecule has 2 aliphatic heterocycles. The lowest BCUT2D eigenvalue weighted by Gasteiger charge is -2.43. The summed E-state index contributed by atoms with van der Waals surface area (Å²) < 4.78 is 33.0. The van der Waals surface area contributed by atoms with Crippen LogP contribution in [0.3, 0.4) is 0 Å². The van der Waals surface area contributed by atoms with Gasteiger partial charge in [0, 0.05) is 37.8 Å². The number of hydrogen-bond acceptors (Lipinski definition) is 5. The first kappa shape index (κ1) is 16.3. The van der Waals surface area contributed by atoms with Gasteiger partial charge in [-0.1, -0.05) is 6.07 Å². The van der Waals surface area contributed by atoms with Crippen LogP contribution in [0.25, 0.3) is 0 Å². The van der Waals surface area contributed by atoms with Gasteiger partial charge in [0.25, 0.3) is 0 Å². The van der Waals surface area contributed by atoms with Gasteiger partial charge < -0.3 is 9.64 Å². The monoisotopic (exact) mass is 351 g/mol. The van der Waals surface area contributed by atoms with Crippen molar-refractivity contribution >= 4 is 15.8 Å². The van der Waals surface area contributed by atoms with Gasteiger partial charge in [0.1, 0.15) is 5.82 Å². The van der Waals surface area contributed by atoms with Gasteiger partial charge in [0.15, 0.2) is 0 Å². The van der Waals surface area contributed by atoms with Crippen molar-refractivity contribution < 1.29 is 13.2 Å². The van der Waals surface area contributed by atoms with Crippen molar-refractivity contribution in [2.24, 2.45) is 5.41 Å². The molecule has 3 heterocycles. The number of hydrogen-bond donors (Lipinski definition) is 0. The molecule has 0 N–H and O–H groups in total. The quantitative estimate of drug-likeness (QED) is 0.826. The van der Waals surface area contributed by atoms with Crippen LogP contribution in [0.2, 0.25) is 0 Å². The lowest BCUT2D eigenvalue weighted by atomic mass is 9.81. The van der Waals surface area contributed by atoms with Gasteiger partial charge in [0.05, 0.1) is 18.5 Å². The fourth-order valence-corrected chi connectivity index (χ4v) is 5.92. The van der Waals surface area contributed by atoms with Gasteiger partial charge in [-0.3, -0.25) is 0 Å². The molecule has 1 atom stereocenters. The first-order valence-corrected chi connectivity index (χ1v) is 10.3. The van der Waals surface area contributed by atoms with Crippen molar-refractivity contribution in [1.29, 1.82) is 0 Å². The van der Waals surface area contributed by atoms with Crippen LogP contribution >= 0.6 is 0 Å². The average molecular weight is 351 g/mol. The molecule has 1 saturated carbocycles. The Morgan fingerprint density at radius 1 is 1.21 bits per heavy atom. The third kappa shape index (κ3) is 3.17. The summed E-state index contributed by atoms with van der Waals surface area (Å²) in [6.07, 6.45) is 5.36. The number of sulfonamides is 1. The van der Waals surface area contributed by atoms with E-state index >= 15 is 0 Å². The zero-order chi connectivity index (χ0) is 16.6. The number of ether oxygens (including phenoxy) is 1. The first-order chi connectivity index (χ1) is 11.6. The minimum atomic E-state index is -3.11. The molecule has 7 heteroatoms. The molecule has 2 saturated heterocycles. The Labute approximate surface area is 143 Å². The number of rotatable bonds is 3. The van der Waals surface area contributed by atoms with Crippen molar-refractivity contribution in [3.63, 3.8) is 0 Å². The standard InChI is InChI=1S/C17H25N3O3S/c21-24(22,15-5-6-15)20-9-3-7-17(13-20)12-19(10-11-23-14-17)16-4-1-2-8-18-16/h1-2,4,8,15H,3,5-7,9-14H2/t17-/m1/s1. The van der Waals surface area contributed by atoms with Gasteiger partial charge >= 0.3 is 0 Å². The highest BCUT2D eigenvalue weighted by molar-refractivity contribution is 7.90. The number of nitrogens with zero attached hydrogens (tertiary/aromatic N) is 3. The second kappa shape index (κ2) is 6.28. The fraction of sp³-hybridized carbons (Fsp3) is 0.706. The summed E-state index contributed by atoms with van der Waals surface area (Å²) in [5, 5.41) is -0.133. The molecule has 1 aliphatic carbocycles. The number of anilines is 1. The number of pyridine rings is 1. The molecule has 1 aromatic rings. The van der Waals surface area contributed by atoms with E-state index in [2.05, 4.69) is 9.88 Å². The van der Waals surface area contributed by atoms with E-state index in [0.717, 1.165) is 44.6 Å². The second-order valence-electron chi connectivity index (χ2n) is 7.34. The van der Waals surface area contributed by atoms with E-state index < -0.39 is 10.0 Å². The topological polar surface area (TPSA) is 62.7 Å². The van der Waals surface area contributed by atoms with E-state index in [1.54, 1.807) is 10.5 Å². The molecule has 3 fully saturated rings. The zero-order valence-corrected chi connectivity index (χ0v) is 14.7. The molecular weight excluding hydrogens is 326 g/mol. The minimum Gasteiger partial charge on any atom is -0.379 e. The number of piperidine rings is 1. The van der Waals surface area contributed by atoms with Crippen LogP contribution in [-0.4, -0.2) is 62.3 Å². The summed E-state index contributed by atoms with van der Waals surface area (Å²) in [6.45, 7) is 4.13. The van der Waals surface area contributed by atoms with E-state index in [0.29, 0.717) is 26.3 Å². The van der Waals surface area contributed by atoms with Crippen LogP contribution in [0.4, 0.5) is 5.82 Å². The molecule has 24 heavy (non-hydrogen) atoms. The highest BCUT2D eigenvalue weighted by Crippen LogP contribution is 2.38. The third-order valence-corrected chi connectivity index (χ3v) is 7.69. The molecule has 0 radical (unpaired) electrons. The van der Waals surface area contributed by atoms with Crippen LogP contribution in [0.5, 0.6) is 0 Å². The Morgan fingerprint density at radius 3 is 2.83 bits per heavy atom. The molecule has 0 amide bonds. The first-order valence-electron chi connectivity index (χ1n) is 8.82. The van der Waals surface area contributed by atoms with Crippen LogP contribution in [0.1, 0.15) is 25.7 Å². The maximum atomic E-state index is 12.7. The molecule has 6 nitrogen and oxygen atoms in total. The maximum Gasteiger partial charge on any atom is 0.217 e. The summed E-state index contributed by atoms with van der Waals surface area (Å²) in [5.74, 6) is 0.949. The lowest BCUT2D eigenvalue weighted by molar-refractivity contribution is 0.0350. The van der Waals surface area contributed by atoms with E-state index in [1.807, 2.05) is 18.2 Å². The van der Waals surface area contributed by atoms with E-state index in [1.165, 1.54) is 0 Å². The Hall–Kier alpha value is -1.18. The Kier molecular flexibility index (Phi) is 4.26. The lowest BCUT2D eigenvalue weighted by Crippen LogP contribution is -2.52. The average Bonchev–Trinajstić information content (AvgIpc) is 3.44. The van der Waals surface area contributed by atoms with Gasteiger partial charge in [-0.2, -0.15) is 0 Å². The largest absolute Gasteiger partial charge is 0.379 e. The van der Waals surface area contributed by atoms with E-state index in [4.69, 9.17) is 4.74 Å². The smallest absolute Gasteiger partial charge is 0.217 e. The predicted molar refractivity (Wildman–Crippen MR) is 92.5 cm³/mol. The van der Waals surface area contributed by atoms with Crippen molar-refractivity contribution in [3.05, 3.63) is 24.4 Å². The van der Waals surface area contributed by atoms with Gasteiger partial charge in [-0.25, -0.2) is 17.7 Å². The summed E-state index contributed by atoms with van der Waals surface area (Å²) in [4.78, 5) is 6.72. The van der Waals surface area contributed by atoms with Crippen LogP contribution in [-0.2, 0) is 14.8 Å². The van der Waals surface area contributed by atoms with Crippen LogP contribution in [0.15, 0.2) is 24.4 Å². The molecule has 0 aromatic carbocycles. The molecule has 3 aliphatic rings. The summed E-state index contributed by atoms with van der Waals surface area (Å²) in [5.41, 5.74) is -0.131. The SMILES string of the molecule is O=S(=O)(C1CC1)N1CCC[C@]2(COCCN(c3ccccn3)C2)C1. The van der Waals surface area contributed by atoms with Crippen molar-refractivity contribution in [3.8, 4) is 0 Å². The Morgan fingerprint density at radius 2 is 2.08 bits per heavy atom. The summed E-state index contributed by atoms with van der Waals surface area (Å²) in [6, 6.07) is 5.92.